The average Bonchev–Trinajstić information content (AvgIpc) is 3.14. The van der Waals surface area contributed by atoms with E-state index in [-0.39, 0.29) is 24.6 Å². The summed E-state index contributed by atoms with van der Waals surface area (Å²) in [6.45, 7) is 8.27. The largest absolute Gasteiger partial charge is 0.394 e. The monoisotopic (exact) mass is 445 g/mol. The summed E-state index contributed by atoms with van der Waals surface area (Å²) < 4.78 is 2.02. The third kappa shape index (κ3) is 4.85. The molecule has 2 aromatic heterocycles. The first-order valence-electron chi connectivity index (χ1n) is 10.5. The summed E-state index contributed by atoms with van der Waals surface area (Å²) in [5.74, 6) is 1.34. The van der Waals surface area contributed by atoms with Crippen LogP contribution >= 0.6 is 11.6 Å². The lowest BCUT2D eigenvalue weighted by Crippen LogP contribution is -2.30. The van der Waals surface area contributed by atoms with Crippen LogP contribution in [0.3, 0.4) is 0 Å². The van der Waals surface area contributed by atoms with Crippen molar-refractivity contribution in [2.24, 2.45) is 5.92 Å². The topological polar surface area (TPSA) is 82.3 Å². The van der Waals surface area contributed by atoms with Gasteiger partial charge in [-0.05, 0) is 38.0 Å². The highest BCUT2D eigenvalue weighted by molar-refractivity contribution is 6.31. The van der Waals surface area contributed by atoms with Crippen LogP contribution in [0, 0.1) is 5.92 Å². The maximum absolute atomic E-state index is 9.78. The molecule has 168 valence electrons. The maximum atomic E-state index is 9.78. The second kappa shape index (κ2) is 9.28. The van der Waals surface area contributed by atoms with Gasteiger partial charge >= 0.3 is 0 Å². The molecule has 0 radical (unpaired) electrons. The van der Waals surface area contributed by atoms with Gasteiger partial charge in [-0.2, -0.15) is 9.97 Å². The lowest BCUT2D eigenvalue weighted by molar-refractivity contribution is 0.248. The van der Waals surface area contributed by atoms with Gasteiger partial charge in [0.05, 0.1) is 19.0 Å². The molecular weight excluding hydrogens is 414 g/mol. The minimum Gasteiger partial charge on any atom is -0.394 e. The fourth-order valence-corrected chi connectivity index (χ4v) is 3.52. The number of nitrogens with zero attached hydrogens (tertiary/aromatic N) is 6. The Labute approximate surface area is 188 Å². The second-order valence-electron chi connectivity index (χ2n) is 8.59. The number of benzene rings is 1. The average molecular weight is 446 g/mol. The van der Waals surface area contributed by atoms with Crippen LogP contribution in [0.5, 0.6) is 0 Å². The first kappa shape index (κ1) is 23.1. The predicted molar refractivity (Wildman–Crippen MR) is 129 cm³/mol. The summed E-state index contributed by atoms with van der Waals surface area (Å²) in [6, 6.07) is 5.91. The van der Waals surface area contributed by atoms with E-state index in [1.54, 1.807) is 6.33 Å². The third-order valence-electron chi connectivity index (χ3n) is 5.36. The minimum atomic E-state index is -0.155. The molecule has 0 aliphatic rings. The molecule has 2 N–H and O–H groups in total. The Hall–Kier alpha value is -2.58. The Morgan fingerprint density at radius 3 is 2.32 bits per heavy atom. The smallest absolute Gasteiger partial charge is 0.227 e. The van der Waals surface area contributed by atoms with E-state index in [0.717, 1.165) is 17.0 Å². The van der Waals surface area contributed by atoms with E-state index >= 15 is 0 Å². The molecular formula is C22H32ClN7O. The van der Waals surface area contributed by atoms with E-state index in [1.165, 1.54) is 0 Å². The zero-order valence-electron chi connectivity index (χ0n) is 19.3. The van der Waals surface area contributed by atoms with Crippen molar-refractivity contribution in [2.45, 2.75) is 39.8 Å². The maximum Gasteiger partial charge on any atom is 0.227 e. The fourth-order valence-electron chi connectivity index (χ4n) is 3.30. The fraction of sp³-hybridized carbons (Fsp3) is 0.500. The molecule has 3 aromatic rings. The van der Waals surface area contributed by atoms with Crippen LogP contribution in [-0.2, 0) is 0 Å². The van der Waals surface area contributed by atoms with E-state index in [9.17, 15) is 5.11 Å². The van der Waals surface area contributed by atoms with Gasteiger partial charge in [-0.15, -0.1) is 0 Å². The molecule has 0 aliphatic heterocycles. The molecule has 1 aromatic carbocycles. The highest BCUT2D eigenvalue weighted by Gasteiger charge is 2.21. The molecule has 0 aliphatic carbocycles. The molecule has 0 spiro atoms. The number of aliphatic hydroxyl groups is 1. The number of rotatable bonds is 8. The molecule has 0 amide bonds. The van der Waals surface area contributed by atoms with Crippen molar-refractivity contribution < 1.29 is 5.11 Å². The molecule has 0 fully saturated rings. The molecule has 1 atom stereocenters. The van der Waals surface area contributed by atoms with Gasteiger partial charge in [-0.3, -0.25) is 0 Å². The number of hydrogen-bond donors (Lipinski definition) is 2. The number of nitrogens with one attached hydrogen (secondary N) is 1. The lowest BCUT2D eigenvalue weighted by atomic mass is 10.1. The van der Waals surface area contributed by atoms with Gasteiger partial charge in [0.15, 0.2) is 17.0 Å². The van der Waals surface area contributed by atoms with E-state index in [1.807, 2.05) is 61.5 Å². The van der Waals surface area contributed by atoms with Crippen LogP contribution < -0.4 is 15.1 Å². The van der Waals surface area contributed by atoms with Gasteiger partial charge < -0.3 is 24.8 Å². The SMILES string of the molecule is CC(C)[C@H](CO)Nc1nc(N(C)c2cc(Cl)cc(N(C)C)c2)c2ncn(C(C)C)c2n1. The molecule has 8 nitrogen and oxygen atoms in total. The van der Waals surface area contributed by atoms with Crippen molar-refractivity contribution in [1.82, 2.24) is 19.5 Å². The second-order valence-corrected chi connectivity index (χ2v) is 9.02. The van der Waals surface area contributed by atoms with Crippen LogP contribution in [-0.4, -0.2) is 58.4 Å². The molecule has 0 saturated carbocycles. The zero-order chi connectivity index (χ0) is 22.9. The molecule has 0 saturated heterocycles. The summed E-state index contributed by atoms with van der Waals surface area (Å²) in [7, 11) is 5.90. The van der Waals surface area contributed by atoms with Gasteiger partial charge in [0.2, 0.25) is 5.95 Å². The van der Waals surface area contributed by atoms with Crippen molar-refractivity contribution in [3.63, 3.8) is 0 Å². The molecule has 9 heteroatoms. The van der Waals surface area contributed by atoms with E-state index in [2.05, 4.69) is 30.2 Å². The Bertz CT molecular complexity index is 1050. The lowest BCUT2D eigenvalue weighted by Gasteiger charge is -2.24. The van der Waals surface area contributed by atoms with E-state index in [4.69, 9.17) is 21.6 Å². The Morgan fingerprint density at radius 1 is 1.06 bits per heavy atom. The molecule has 31 heavy (non-hydrogen) atoms. The number of aromatic nitrogens is 4. The summed E-state index contributed by atoms with van der Waals surface area (Å²) >= 11 is 6.40. The Kier molecular flexibility index (Phi) is 6.91. The predicted octanol–water partition coefficient (Wildman–Crippen LogP) is 4.32. The highest BCUT2D eigenvalue weighted by Crippen LogP contribution is 2.34. The van der Waals surface area contributed by atoms with Gasteiger partial charge in [-0.1, -0.05) is 25.4 Å². The van der Waals surface area contributed by atoms with Crippen molar-refractivity contribution in [1.29, 1.82) is 0 Å². The first-order chi connectivity index (χ1) is 14.6. The molecule has 2 heterocycles. The van der Waals surface area contributed by atoms with Crippen molar-refractivity contribution in [3.8, 4) is 0 Å². The molecule has 3 rings (SSSR count). The van der Waals surface area contributed by atoms with E-state index < -0.39 is 0 Å². The van der Waals surface area contributed by atoms with Crippen molar-refractivity contribution in [3.05, 3.63) is 29.5 Å². The third-order valence-corrected chi connectivity index (χ3v) is 5.58. The van der Waals surface area contributed by atoms with Crippen molar-refractivity contribution >= 4 is 45.9 Å². The number of hydrogen-bond acceptors (Lipinski definition) is 7. The normalized spacial score (nSPS) is 12.6. The van der Waals surface area contributed by atoms with Crippen LogP contribution in [0.1, 0.15) is 33.7 Å². The number of fused-ring (bicyclic) bond motifs is 1. The van der Waals surface area contributed by atoms with Crippen LogP contribution in [0.15, 0.2) is 24.5 Å². The summed E-state index contributed by atoms with van der Waals surface area (Å²) in [5.41, 5.74) is 3.33. The van der Waals surface area contributed by atoms with Gasteiger partial charge in [-0.25, -0.2) is 4.98 Å². The Balaban J connectivity index is 2.16. The van der Waals surface area contributed by atoms with Crippen molar-refractivity contribution in [2.75, 3.05) is 42.9 Å². The van der Waals surface area contributed by atoms with Crippen LogP contribution in [0.25, 0.3) is 11.2 Å². The zero-order valence-corrected chi connectivity index (χ0v) is 20.0. The quantitative estimate of drug-likeness (QED) is 0.534. The highest BCUT2D eigenvalue weighted by atomic mass is 35.5. The van der Waals surface area contributed by atoms with E-state index in [0.29, 0.717) is 22.3 Å². The van der Waals surface area contributed by atoms with Gasteiger partial charge in [0.25, 0.3) is 0 Å². The van der Waals surface area contributed by atoms with Crippen LogP contribution in [0.4, 0.5) is 23.1 Å². The number of aliphatic hydroxyl groups excluding tert-OH is 1. The molecule has 0 unspecified atom stereocenters. The summed E-state index contributed by atoms with van der Waals surface area (Å²) in [4.78, 5) is 18.1. The van der Waals surface area contributed by atoms with Gasteiger partial charge in [0, 0.05) is 43.6 Å². The van der Waals surface area contributed by atoms with Gasteiger partial charge in [0.1, 0.15) is 0 Å². The Morgan fingerprint density at radius 2 is 1.74 bits per heavy atom. The summed E-state index contributed by atoms with van der Waals surface area (Å²) in [5, 5.41) is 13.7. The molecule has 0 bridgehead atoms. The standard InChI is InChI=1S/C22H32ClN7O/c1-13(2)18(11-31)25-22-26-20(19-21(27-22)30(12-24-19)14(3)4)29(7)17-9-15(23)8-16(10-17)28(5)6/h8-10,12-14,18,31H,11H2,1-7H3,(H,25,26,27)/t18-/m0/s1. The summed E-state index contributed by atoms with van der Waals surface area (Å²) in [6.07, 6.45) is 1.79. The number of halogens is 1. The first-order valence-corrected chi connectivity index (χ1v) is 10.8. The number of imidazole rings is 1. The minimum absolute atomic E-state index is 0.00579. The van der Waals surface area contributed by atoms with Crippen LogP contribution in [0.2, 0.25) is 5.02 Å². The number of anilines is 4.